The molecule has 0 fully saturated rings. The zero-order valence-corrected chi connectivity index (χ0v) is 28.3. The van der Waals surface area contributed by atoms with Gasteiger partial charge < -0.3 is 30.3 Å². The third kappa shape index (κ3) is 12.7. The Bertz CT molecular complexity index is 1770. The van der Waals surface area contributed by atoms with E-state index in [0.29, 0.717) is 26.3 Å². The Kier molecular flexibility index (Phi) is 14.6. The first-order chi connectivity index (χ1) is 24.6. The van der Waals surface area contributed by atoms with Crippen molar-refractivity contribution in [2.24, 2.45) is 0 Å². The highest BCUT2D eigenvalue weighted by atomic mass is 16.5. The first-order valence-corrected chi connectivity index (χ1v) is 17.0. The van der Waals surface area contributed by atoms with Gasteiger partial charge in [-0.15, -0.1) is 0 Å². The van der Waals surface area contributed by atoms with E-state index in [2.05, 4.69) is 34.9 Å². The van der Waals surface area contributed by atoms with Crippen LogP contribution >= 0.6 is 0 Å². The van der Waals surface area contributed by atoms with Crippen molar-refractivity contribution >= 4 is 0 Å². The molecule has 6 heteroatoms. The Morgan fingerprint density at radius 1 is 0.400 bits per heavy atom. The fourth-order valence-electron chi connectivity index (χ4n) is 5.21. The van der Waals surface area contributed by atoms with Gasteiger partial charge in [0, 0.05) is 26.2 Å². The molecule has 50 heavy (non-hydrogen) atoms. The molecule has 0 aromatic heterocycles. The zero-order valence-electron chi connectivity index (χ0n) is 28.3. The summed E-state index contributed by atoms with van der Waals surface area (Å²) in [5, 5.41) is 27.3. The van der Waals surface area contributed by atoms with Crippen LogP contribution in [0.25, 0.3) is 0 Å². The monoisotopic (exact) mass is 666 g/mol. The number of aliphatic hydroxyl groups is 2. The standard InChI is InChI=1S/2C22H23NO2/c24-22(16-23-15-18-8-3-1-4-9-18)20-12-7-13-21(14-20)25-17-19-10-5-2-6-11-19;24-22(16-23-15-18-7-3-1-4-8-18)20-11-13-21(14-12-20)25-17-19-9-5-2-6-10-19/h2*1-14,22-24H,15-17H2. The number of hydrogen-bond acceptors (Lipinski definition) is 6. The smallest absolute Gasteiger partial charge is 0.120 e. The lowest BCUT2D eigenvalue weighted by Gasteiger charge is -2.14. The quantitative estimate of drug-likeness (QED) is 0.0835. The van der Waals surface area contributed by atoms with E-state index in [1.165, 1.54) is 11.1 Å². The number of hydrogen-bond donors (Lipinski definition) is 4. The summed E-state index contributed by atoms with van der Waals surface area (Å²) in [5.41, 5.74) is 6.41. The van der Waals surface area contributed by atoms with Crippen LogP contribution in [0, 0.1) is 0 Å². The molecule has 0 bridgehead atoms. The van der Waals surface area contributed by atoms with Crippen molar-refractivity contribution in [2.45, 2.75) is 38.5 Å². The van der Waals surface area contributed by atoms with Gasteiger partial charge in [-0.25, -0.2) is 0 Å². The average Bonchev–Trinajstić information content (AvgIpc) is 3.18. The number of benzene rings is 6. The lowest BCUT2D eigenvalue weighted by molar-refractivity contribution is 0.173. The van der Waals surface area contributed by atoms with Crippen LogP contribution in [0.15, 0.2) is 170 Å². The number of nitrogens with one attached hydrogen (secondary N) is 2. The van der Waals surface area contributed by atoms with Gasteiger partial charge in [0.15, 0.2) is 0 Å². The fraction of sp³-hybridized carbons (Fsp3) is 0.182. The molecule has 0 heterocycles. The van der Waals surface area contributed by atoms with Crippen LogP contribution in [0.4, 0.5) is 0 Å². The first-order valence-electron chi connectivity index (χ1n) is 17.0. The summed E-state index contributed by atoms with van der Waals surface area (Å²) in [6, 6.07) is 55.7. The molecule has 2 unspecified atom stereocenters. The Morgan fingerprint density at radius 3 is 1.30 bits per heavy atom. The minimum absolute atomic E-state index is 0.497. The van der Waals surface area contributed by atoms with Gasteiger partial charge in [0.1, 0.15) is 24.7 Å². The highest BCUT2D eigenvalue weighted by molar-refractivity contribution is 5.31. The Balaban J connectivity index is 0.000000194. The summed E-state index contributed by atoms with van der Waals surface area (Å²) in [5.74, 6) is 1.57. The predicted molar refractivity (Wildman–Crippen MR) is 201 cm³/mol. The molecule has 0 saturated heterocycles. The maximum atomic E-state index is 10.4. The van der Waals surface area contributed by atoms with E-state index in [4.69, 9.17) is 9.47 Å². The van der Waals surface area contributed by atoms with E-state index in [-0.39, 0.29) is 0 Å². The van der Waals surface area contributed by atoms with Gasteiger partial charge in [-0.05, 0) is 57.6 Å². The second kappa shape index (κ2) is 20.3. The van der Waals surface area contributed by atoms with Crippen LogP contribution in [0.2, 0.25) is 0 Å². The van der Waals surface area contributed by atoms with Crippen LogP contribution in [0.5, 0.6) is 11.5 Å². The summed E-state index contributed by atoms with van der Waals surface area (Å²) in [4.78, 5) is 0. The van der Waals surface area contributed by atoms with E-state index in [0.717, 1.165) is 46.8 Å². The zero-order chi connectivity index (χ0) is 34.6. The third-order valence-electron chi connectivity index (χ3n) is 8.02. The van der Waals surface area contributed by atoms with Gasteiger partial charge in [-0.2, -0.15) is 0 Å². The normalized spacial score (nSPS) is 11.9. The highest BCUT2D eigenvalue weighted by Gasteiger charge is 2.09. The van der Waals surface area contributed by atoms with Crippen molar-refractivity contribution in [3.63, 3.8) is 0 Å². The van der Waals surface area contributed by atoms with Crippen LogP contribution in [-0.2, 0) is 26.3 Å². The largest absolute Gasteiger partial charge is 0.489 e. The van der Waals surface area contributed by atoms with Gasteiger partial charge in [0.25, 0.3) is 0 Å². The molecule has 2 atom stereocenters. The summed E-state index contributed by atoms with van der Waals surface area (Å²) in [6.45, 7) is 3.56. The van der Waals surface area contributed by atoms with Crippen molar-refractivity contribution in [3.05, 3.63) is 203 Å². The van der Waals surface area contributed by atoms with Crippen LogP contribution in [0.3, 0.4) is 0 Å². The van der Waals surface area contributed by atoms with Crippen LogP contribution in [0.1, 0.15) is 45.6 Å². The molecule has 0 radical (unpaired) electrons. The van der Waals surface area contributed by atoms with Crippen molar-refractivity contribution in [1.29, 1.82) is 0 Å². The SMILES string of the molecule is OC(CNCc1ccccc1)c1ccc(OCc2ccccc2)cc1.OC(CNCc1ccccc1)c1cccc(OCc2ccccc2)c1. The lowest BCUT2D eigenvalue weighted by atomic mass is 10.1. The van der Waals surface area contributed by atoms with E-state index >= 15 is 0 Å². The molecular formula is C44H46N2O4. The summed E-state index contributed by atoms with van der Waals surface area (Å²) >= 11 is 0. The molecule has 0 aliphatic carbocycles. The first kappa shape index (κ1) is 36.1. The van der Waals surface area contributed by atoms with Gasteiger partial charge in [-0.3, -0.25) is 0 Å². The highest BCUT2D eigenvalue weighted by Crippen LogP contribution is 2.21. The van der Waals surface area contributed by atoms with E-state index in [1.54, 1.807) is 0 Å². The number of ether oxygens (including phenoxy) is 2. The topological polar surface area (TPSA) is 83.0 Å². The molecule has 4 N–H and O–H groups in total. The second-order valence-corrected chi connectivity index (χ2v) is 12.0. The summed E-state index contributed by atoms with van der Waals surface area (Å²) < 4.78 is 11.6. The van der Waals surface area contributed by atoms with E-state index in [9.17, 15) is 10.2 Å². The van der Waals surface area contributed by atoms with Crippen molar-refractivity contribution in [1.82, 2.24) is 10.6 Å². The van der Waals surface area contributed by atoms with E-state index in [1.807, 2.05) is 146 Å². The van der Waals surface area contributed by atoms with Crippen LogP contribution < -0.4 is 20.1 Å². The number of rotatable bonds is 16. The Morgan fingerprint density at radius 2 is 0.820 bits per heavy atom. The second-order valence-electron chi connectivity index (χ2n) is 12.0. The molecule has 6 aromatic rings. The molecule has 6 aromatic carbocycles. The Hall–Kier alpha value is -5.24. The molecule has 0 aliphatic heterocycles. The average molecular weight is 667 g/mol. The molecule has 6 nitrogen and oxygen atoms in total. The third-order valence-corrected chi connectivity index (χ3v) is 8.02. The molecule has 256 valence electrons. The lowest BCUT2D eigenvalue weighted by Crippen LogP contribution is -2.21. The Labute approximate surface area is 296 Å². The van der Waals surface area contributed by atoms with Crippen molar-refractivity contribution in [2.75, 3.05) is 13.1 Å². The fourth-order valence-corrected chi connectivity index (χ4v) is 5.21. The molecule has 0 aliphatic rings. The van der Waals surface area contributed by atoms with Gasteiger partial charge in [0.05, 0.1) is 12.2 Å². The molecule has 0 amide bonds. The molecule has 0 spiro atoms. The van der Waals surface area contributed by atoms with Crippen molar-refractivity contribution < 1.29 is 19.7 Å². The maximum Gasteiger partial charge on any atom is 0.120 e. The van der Waals surface area contributed by atoms with Crippen molar-refractivity contribution in [3.8, 4) is 11.5 Å². The minimum Gasteiger partial charge on any atom is -0.489 e. The predicted octanol–water partition coefficient (Wildman–Crippen LogP) is 8.18. The van der Waals surface area contributed by atoms with Gasteiger partial charge in [0.2, 0.25) is 0 Å². The number of aliphatic hydroxyl groups excluding tert-OH is 2. The molecule has 6 rings (SSSR count). The summed E-state index contributed by atoms with van der Waals surface area (Å²) in [6.07, 6.45) is -1.10. The maximum absolute atomic E-state index is 10.4. The molecular weight excluding hydrogens is 620 g/mol. The van der Waals surface area contributed by atoms with Gasteiger partial charge in [-0.1, -0.05) is 146 Å². The molecule has 0 saturated carbocycles. The van der Waals surface area contributed by atoms with E-state index < -0.39 is 12.2 Å². The summed E-state index contributed by atoms with van der Waals surface area (Å²) in [7, 11) is 0. The minimum atomic E-state index is -0.566. The van der Waals surface area contributed by atoms with Crippen LogP contribution in [-0.4, -0.2) is 23.3 Å². The van der Waals surface area contributed by atoms with Gasteiger partial charge >= 0.3 is 0 Å².